The first-order valence-electron chi connectivity index (χ1n) is 6.97. The SMILES string of the molecule is Cc1ccc(C)c(Oc2cncc(CNC(C)C)c2)c1. The molecule has 1 aromatic heterocycles. The maximum atomic E-state index is 5.95. The van der Waals surface area contributed by atoms with E-state index in [1.54, 1.807) is 6.20 Å². The molecule has 0 spiro atoms. The lowest BCUT2D eigenvalue weighted by molar-refractivity contribution is 0.474. The number of ether oxygens (including phenoxy) is 1. The normalized spacial score (nSPS) is 10.8. The van der Waals surface area contributed by atoms with Gasteiger partial charge in [-0.25, -0.2) is 0 Å². The van der Waals surface area contributed by atoms with Crippen molar-refractivity contribution in [3.05, 3.63) is 53.3 Å². The number of nitrogens with one attached hydrogen (secondary N) is 1. The third-order valence-electron chi connectivity index (χ3n) is 3.06. The topological polar surface area (TPSA) is 34.1 Å². The van der Waals surface area contributed by atoms with Gasteiger partial charge in [0.15, 0.2) is 0 Å². The molecule has 2 aromatic rings. The molecule has 1 N–H and O–H groups in total. The Morgan fingerprint density at radius 3 is 2.70 bits per heavy atom. The second-order valence-electron chi connectivity index (χ2n) is 5.44. The van der Waals surface area contributed by atoms with Gasteiger partial charge in [0.1, 0.15) is 11.5 Å². The molecule has 0 aliphatic rings. The molecule has 1 heterocycles. The van der Waals surface area contributed by atoms with Crippen molar-refractivity contribution in [1.82, 2.24) is 10.3 Å². The van der Waals surface area contributed by atoms with Gasteiger partial charge in [0, 0.05) is 18.8 Å². The van der Waals surface area contributed by atoms with Gasteiger partial charge in [-0.05, 0) is 42.7 Å². The van der Waals surface area contributed by atoms with Crippen molar-refractivity contribution in [2.24, 2.45) is 0 Å². The van der Waals surface area contributed by atoms with Crippen LogP contribution >= 0.6 is 0 Å². The van der Waals surface area contributed by atoms with Crippen LogP contribution in [0.25, 0.3) is 0 Å². The highest BCUT2D eigenvalue weighted by atomic mass is 16.5. The summed E-state index contributed by atoms with van der Waals surface area (Å²) in [6, 6.07) is 8.70. The van der Waals surface area contributed by atoms with Gasteiger partial charge >= 0.3 is 0 Å². The first-order valence-corrected chi connectivity index (χ1v) is 6.97. The smallest absolute Gasteiger partial charge is 0.146 e. The number of rotatable bonds is 5. The Morgan fingerprint density at radius 2 is 1.95 bits per heavy atom. The molecule has 3 heteroatoms. The quantitative estimate of drug-likeness (QED) is 0.892. The Morgan fingerprint density at radius 1 is 1.15 bits per heavy atom. The predicted molar refractivity (Wildman–Crippen MR) is 82.2 cm³/mol. The number of aromatic nitrogens is 1. The summed E-state index contributed by atoms with van der Waals surface area (Å²) in [6.07, 6.45) is 3.62. The maximum Gasteiger partial charge on any atom is 0.146 e. The highest BCUT2D eigenvalue weighted by molar-refractivity contribution is 5.39. The van der Waals surface area contributed by atoms with Crippen LogP contribution in [-0.2, 0) is 6.54 Å². The van der Waals surface area contributed by atoms with Crippen LogP contribution in [0.4, 0.5) is 0 Å². The minimum atomic E-state index is 0.457. The third-order valence-corrected chi connectivity index (χ3v) is 3.06. The number of pyridine rings is 1. The van der Waals surface area contributed by atoms with E-state index in [-0.39, 0.29) is 0 Å². The van der Waals surface area contributed by atoms with Crippen molar-refractivity contribution < 1.29 is 4.74 Å². The van der Waals surface area contributed by atoms with Crippen LogP contribution in [0.3, 0.4) is 0 Å². The molecule has 0 atom stereocenters. The highest BCUT2D eigenvalue weighted by Gasteiger charge is 2.04. The Kier molecular flexibility index (Phi) is 4.74. The summed E-state index contributed by atoms with van der Waals surface area (Å²) >= 11 is 0. The molecule has 2 rings (SSSR count). The van der Waals surface area contributed by atoms with E-state index in [4.69, 9.17) is 4.74 Å². The molecule has 0 bridgehead atoms. The van der Waals surface area contributed by atoms with Crippen LogP contribution in [0.15, 0.2) is 36.7 Å². The van der Waals surface area contributed by atoms with E-state index in [0.717, 1.165) is 29.2 Å². The summed E-state index contributed by atoms with van der Waals surface area (Å²) in [7, 11) is 0. The molecule has 0 aliphatic heterocycles. The van der Waals surface area contributed by atoms with Crippen LogP contribution in [0, 0.1) is 13.8 Å². The minimum absolute atomic E-state index is 0.457. The lowest BCUT2D eigenvalue weighted by atomic mass is 10.1. The molecule has 0 radical (unpaired) electrons. The van der Waals surface area contributed by atoms with Crippen molar-refractivity contribution in [3.63, 3.8) is 0 Å². The first-order chi connectivity index (χ1) is 9.54. The molecule has 20 heavy (non-hydrogen) atoms. The van der Waals surface area contributed by atoms with Crippen molar-refractivity contribution >= 4 is 0 Å². The van der Waals surface area contributed by atoms with Crippen molar-refractivity contribution in [2.75, 3.05) is 0 Å². The van der Waals surface area contributed by atoms with E-state index in [2.05, 4.69) is 43.2 Å². The fraction of sp³-hybridized carbons (Fsp3) is 0.353. The fourth-order valence-corrected chi connectivity index (χ4v) is 1.88. The highest BCUT2D eigenvalue weighted by Crippen LogP contribution is 2.25. The summed E-state index contributed by atoms with van der Waals surface area (Å²) in [5.41, 5.74) is 3.44. The second-order valence-corrected chi connectivity index (χ2v) is 5.44. The predicted octanol–water partition coefficient (Wildman–Crippen LogP) is 3.99. The molecular formula is C17H22N2O. The van der Waals surface area contributed by atoms with Gasteiger partial charge in [-0.15, -0.1) is 0 Å². The molecule has 1 aromatic carbocycles. The number of hydrogen-bond donors (Lipinski definition) is 1. The van der Waals surface area contributed by atoms with Gasteiger partial charge in [0.05, 0.1) is 6.20 Å². The molecule has 0 amide bonds. The zero-order valence-corrected chi connectivity index (χ0v) is 12.6. The Balaban J connectivity index is 2.13. The lowest BCUT2D eigenvalue weighted by Gasteiger charge is -2.11. The van der Waals surface area contributed by atoms with E-state index in [0.29, 0.717) is 6.04 Å². The summed E-state index contributed by atoms with van der Waals surface area (Å²) in [5, 5.41) is 3.38. The maximum absolute atomic E-state index is 5.95. The van der Waals surface area contributed by atoms with Crippen molar-refractivity contribution in [2.45, 2.75) is 40.3 Å². The molecule has 0 saturated carbocycles. The van der Waals surface area contributed by atoms with Crippen LogP contribution < -0.4 is 10.1 Å². The number of aryl methyl sites for hydroxylation is 2. The second kappa shape index (κ2) is 6.53. The van der Waals surface area contributed by atoms with Gasteiger partial charge in [0.2, 0.25) is 0 Å². The standard InChI is InChI=1S/C17H22N2O/c1-12(2)19-10-15-8-16(11-18-9-15)20-17-7-13(3)5-6-14(17)4/h5-9,11-12,19H,10H2,1-4H3. The summed E-state index contributed by atoms with van der Waals surface area (Å²) < 4.78 is 5.95. The zero-order valence-electron chi connectivity index (χ0n) is 12.6. The molecule has 0 fully saturated rings. The largest absolute Gasteiger partial charge is 0.455 e. The van der Waals surface area contributed by atoms with Crippen LogP contribution in [-0.4, -0.2) is 11.0 Å². The number of benzene rings is 1. The summed E-state index contributed by atoms with van der Waals surface area (Å²) in [6.45, 7) is 9.17. The van der Waals surface area contributed by atoms with Crippen molar-refractivity contribution in [3.8, 4) is 11.5 Å². The average Bonchev–Trinajstić information content (AvgIpc) is 2.41. The van der Waals surface area contributed by atoms with Gasteiger partial charge in [-0.2, -0.15) is 0 Å². The lowest BCUT2D eigenvalue weighted by Crippen LogP contribution is -2.21. The van der Waals surface area contributed by atoms with Crippen molar-refractivity contribution in [1.29, 1.82) is 0 Å². The number of hydrogen-bond acceptors (Lipinski definition) is 3. The Hall–Kier alpha value is -1.87. The van der Waals surface area contributed by atoms with Crippen LogP contribution in [0.1, 0.15) is 30.5 Å². The Bertz CT molecular complexity index is 579. The summed E-state index contributed by atoms with van der Waals surface area (Å²) in [4.78, 5) is 4.25. The van der Waals surface area contributed by atoms with Gasteiger partial charge in [-0.3, -0.25) is 4.98 Å². The van der Waals surface area contributed by atoms with Crippen LogP contribution in [0.2, 0.25) is 0 Å². The average molecular weight is 270 g/mol. The summed E-state index contributed by atoms with van der Waals surface area (Å²) in [5.74, 6) is 1.67. The van der Waals surface area contributed by atoms with Gasteiger partial charge in [-0.1, -0.05) is 26.0 Å². The van der Waals surface area contributed by atoms with Gasteiger partial charge in [0.25, 0.3) is 0 Å². The molecular weight excluding hydrogens is 248 g/mol. The molecule has 0 saturated heterocycles. The van der Waals surface area contributed by atoms with Gasteiger partial charge < -0.3 is 10.1 Å². The first kappa shape index (κ1) is 14.5. The minimum Gasteiger partial charge on any atom is -0.455 e. The molecule has 3 nitrogen and oxygen atoms in total. The Labute approximate surface area is 121 Å². The molecule has 0 unspecified atom stereocenters. The van der Waals surface area contributed by atoms with E-state index in [1.807, 2.05) is 25.3 Å². The molecule has 106 valence electrons. The zero-order chi connectivity index (χ0) is 14.5. The number of nitrogens with zero attached hydrogens (tertiary/aromatic N) is 1. The van der Waals surface area contributed by atoms with E-state index < -0.39 is 0 Å². The van der Waals surface area contributed by atoms with Crippen LogP contribution in [0.5, 0.6) is 11.5 Å². The van der Waals surface area contributed by atoms with E-state index >= 15 is 0 Å². The fourth-order valence-electron chi connectivity index (χ4n) is 1.88. The third kappa shape index (κ3) is 4.07. The monoisotopic (exact) mass is 270 g/mol. The molecule has 0 aliphatic carbocycles. The van der Waals surface area contributed by atoms with E-state index in [9.17, 15) is 0 Å². The van der Waals surface area contributed by atoms with E-state index in [1.165, 1.54) is 5.56 Å².